The van der Waals surface area contributed by atoms with Crippen LogP contribution in [0.4, 0.5) is 4.79 Å². The molecule has 2 rings (SSSR count). The molecule has 1 amide bonds. The summed E-state index contributed by atoms with van der Waals surface area (Å²) in [6.45, 7) is 1.44. The molecule has 1 fully saturated rings. The minimum absolute atomic E-state index is 0.320. The number of benzene rings is 1. The predicted molar refractivity (Wildman–Crippen MR) is 85.1 cm³/mol. The van der Waals surface area contributed by atoms with E-state index in [-0.39, 0.29) is 6.09 Å². The Morgan fingerprint density at radius 3 is 2.50 bits per heavy atom. The quantitative estimate of drug-likeness (QED) is 0.840. The zero-order valence-corrected chi connectivity index (χ0v) is 13.3. The van der Waals surface area contributed by atoms with Crippen LogP contribution in [-0.4, -0.2) is 54.7 Å². The van der Waals surface area contributed by atoms with Crippen LogP contribution in [0, 0.1) is 0 Å². The van der Waals surface area contributed by atoms with Crippen molar-refractivity contribution in [2.75, 3.05) is 31.7 Å². The molecule has 0 unspecified atom stereocenters. The van der Waals surface area contributed by atoms with Gasteiger partial charge in [0.1, 0.15) is 11.8 Å². The lowest BCUT2D eigenvalue weighted by Crippen LogP contribution is -2.39. The van der Waals surface area contributed by atoms with Crippen molar-refractivity contribution in [3.63, 3.8) is 0 Å². The highest BCUT2D eigenvalue weighted by Crippen LogP contribution is 2.16. The van der Waals surface area contributed by atoms with Gasteiger partial charge in [-0.25, -0.2) is 4.79 Å². The summed E-state index contributed by atoms with van der Waals surface area (Å²) in [5.41, 5.74) is 6.59. The van der Waals surface area contributed by atoms with Gasteiger partial charge in [-0.15, -0.1) is 0 Å². The Labute approximate surface area is 133 Å². The van der Waals surface area contributed by atoms with Crippen LogP contribution in [-0.2, 0) is 16.0 Å². The smallest absolute Gasteiger partial charge is 0.415 e. The van der Waals surface area contributed by atoms with Crippen LogP contribution in [0.2, 0.25) is 0 Å². The molecule has 0 radical (unpaired) electrons. The number of rotatable bonds is 4. The van der Waals surface area contributed by atoms with Gasteiger partial charge in [0.05, 0.1) is 7.11 Å². The van der Waals surface area contributed by atoms with E-state index in [9.17, 15) is 9.59 Å². The SMILES string of the molecule is COC(=O)[C@@H](N)Cc1ccc(OC(=O)N2CCSCC2)cc1. The molecular formula is C15H20N2O4S. The summed E-state index contributed by atoms with van der Waals surface area (Å²) < 4.78 is 9.92. The monoisotopic (exact) mass is 324 g/mol. The molecule has 1 saturated heterocycles. The Kier molecular flexibility index (Phi) is 6.09. The van der Waals surface area contributed by atoms with Gasteiger partial charge in [0, 0.05) is 24.6 Å². The van der Waals surface area contributed by atoms with Gasteiger partial charge in [0.15, 0.2) is 0 Å². The van der Waals surface area contributed by atoms with Crippen molar-refractivity contribution in [2.45, 2.75) is 12.5 Å². The maximum Gasteiger partial charge on any atom is 0.415 e. The first-order valence-corrected chi connectivity index (χ1v) is 8.22. The zero-order valence-electron chi connectivity index (χ0n) is 12.5. The molecule has 6 nitrogen and oxygen atoms in total. The maximum absolute atomic E-state index is 12.0. The molecule has 0 bridgehead atoms. The standard InChI is InChI=1S/C15H20N2O4S/c1-20-14(18)13(16)10-11-2-4-12(5-3-11)21-15(19)17-6-8-22-9-7-17/h2-5,13H,6-10,16H2,1H3/t13-/m0/s1. The zero-order chi connectivity index (χ0) is 15.9. The minimum atomic E-state index is -0.691. The number of esters is 1. The summed E-state index contributed by atoms with van der Waals surface area (Å²) >= 11 is 1.84. The second kappa shape index (κ2) is 8.05. The molecule has 1 aromatic rings. The molecule has 1 heterocycles. The van der Waals surface area contributed by atoms with Gasteiger partial charge in [0.25, 0.3) is 0 Å². The fourth-order valence-corrected chi connectivity index (χ4v) is 3.00. The van der Waals surface area contributed by atoms with Crippen molar-refractivity contribution in [1.29, 1.82) is 0 Å². The van der Waals surface area contributed by atoms with Gasteiger partial charge in [-0.05, 0) is 24.1 Å². The average molecular weight is 324 g/mol. The van der Waals surface area contributed by atoms with Gasteiger partial charge in [-0.3, -0.25) is 4.79 Å². The highest BCUT2D eigenvalue weighted by Gasteiger charge is 2.19. The molecule has 0 aromatic heterocycles. The molecule has 120 valence electrons. The largest absolute Gasteiger partial charge is 0.468 e. The normalized spacial score (nSPS) is 16.0. The second-order valence-corrected chi connectivity index (χ2v) is 6.17. The lowest BCUT2D eigenvalue weighted by molar-refractivity contribution is -0.142. The number of ether oxygens (including phenoxy) is 2. The Morgan fingerprint density at radius 2 is 1.91 bits per heavy atom. The summed E-state index contributed by atoms with van der Waals surface area (Å²) in [6.07, 6.45) is 0.0591. The van der Waals surface area contributed by atoms with Crippen LogP contribution in [0.1, 0.15) is 5.56 Å². The number of nitrogens with two attached hydrogens (primary N) is 1. The molecule has 0 saturated carbocycles. The van der Waals surface area contributed by atoms with Crippen LogP contribution in [0.25, 0.3) is 0 Å². The van der Waals surface area contributed by atoms with Crippen molar-refractivity contribution in [2.24, 2.45) is 5.73 Å². The first-order valence-electron chi connectivity index (χ1n) is 7.07. The summed E-state index contributed by atoms with van der Waals surface area (Å²) in [5, 5.41) is 0. The van der Waals surface area contributed by atoms with Crippen molar-refractivity contribution in [3.8, 4) is 5.75 Å². The van der Waals surface area contributed by atoms with E-state index in [1.54, 1.807) is 29.2 Å². The predicted octanol–water partition coefficient (Wildman–Crippen LogP) is 1.28. The van der Waals surface area contributed by atoms with Gasteiger partial charge < -0.3 is 20.1 Å². The van der Waals surface area contributed by atoms with Crippen molar-refractivity contribution in [1.82, 2.24) is 4.90 Å². The summed E-state index contributed by atoms with van der Waals surface area (Å²) in [4.78, 5) is 25.0. The number of thioether (sulfide) groups is 1. The van der Waals surface area contributed by atoms with Gasteiger partial charge in [0.2, 0.25) is 0 Å². The molecule has 1 aliphatic rings. The van der Waals surface area contributed by atoms with E-state index in [1.807, 2.05) is 11.8 Å². The van der Waals surface area contributed by atoms with Crippen LogP contribution in [0.15, 0.2) is 24.3 Å². The van der Waals surface area contributed by atoms with E-state index in [2.05, 4.69) is 4.74 Å². The van der Waals surface area contributed by atoms with Crippen molar-refractivity contribution in [3.05, 3.63) is 29.8 Å². The number of hydrogen-bond acceptors (Lipinski definition) is 6. The molecule has 1 aliphatic heterocycles. The molecule has 1 aromatic carbocycles. The van der Waals surface area contributed by atoms with Crippen molar-refractivity contribution >= 4 is 23.8 Å². The Hall–Kier alpha value is -1.73. The molecule has 22 heavy (non-hydrogen) atoms. The van der Waals surface area contributed by atoms with Gasteiger partial charge >= 0.3 is 12.1 Å². The van der Waals surface area contributed by atoms with E-state index < -0.39 is 12.0 Å². The van der Waals surface area contributed by atoms with E-state index in [4.69, 9.17) is 10.5 Å². The van der Waals surface area contributed by atoms with E-state index >= 15 is 0 Å². The average Bonchev–Trinajstić information content (AvgIpc) is 2.56. The lowest BCUT2D eigenvalue weighted by Gasteiger charge is -2.25. The maximum atomic E-state index is 12.0. The van der Waals surface area contributed by atoms with Crippen LogP contribution >= 0.6 is 11.8 Å². The Morgan fingerprint density at radius 1 is 1.27 bits per heavy atom. The summed E-state index contributed by atoms with van der Waals surface area (Å²) in [6, 6.07) is 6.30. The first kappa shape index (κ1) is 16.6. The number of amides is 1. The summed E-state index contributed by atoms with van der Waals surface area (Å²) in [7, 11) is 1.31. The third kappa shape index (κ3) is 4.64. The van der Waals surface area contributed by atoms with E-state index in [1.165, 1.54) is 7.11 Å². The highest BCUT2D eigenvalue weighted by molar-refractivity contribution is 7.99. The highest BCUT2D eigenvalue weighted by atomic mass is 32.2. The minimum Gasteiger partial charge on any atom is -0.468 e. The van der Waals surface area contributed by atoms with Crippen molar-refractivity contribution < 1.29 is 19.1 Å². The van der Waals surface area contributed by atoms with Crippen LogP contribution < -0.4 is 10.5 Å². The molecule has 2 N–H and O–H groups in total. The van der Waals surface area contributed by atoms with E-state index in [0.717, 1.165) is 30.2 Å². The van der Waals surface area contributed by atoms with E-state index in [0.29, 0.717) is 12.2 Å². The fourth-order valence-electron chi connectivity index (χ4n) is 2.09. The second-order valence-electron chi connectivity index (χ2n) is 4.95. The fraction of sp³-hybridized carbons (Fsp3) is 0.467. The first-order chi connectivity index (χ1) is 10.6. The third-order valence-corrected chi connectivity index (χ3v) is 4.30. The third-order valence-electron chi connectivity index (χ3n) is 3.36. The molecular weight excluding hydrogens is 304 g/mol. The van der Waals surface area contributed by atoms with Gasteiger partial charge in [-0.2, -0.15) is 11.8 Å². The molecule has 7 heteroatoms. The number of hydrogen-bond donors (Lipinski definition) is 1. The van der Waals surface area contributed by atoms with Crippen LogP contribution in [0.3, 0.4) is 0 Å². The Balaban J connectivity index is 1.88. The Bertz CT molecular complexity index is 515. The molecule has 1 atom stereocenters. The number of nitrogens with zero attached hydrogens (tertiary/aromatic N) is 1. The van der Waals surface area contributed by atoms with Gasteiger partial charge in [-0.1, -0.05) is 12.1 Å². The molecule has 0 spiro atoms. The number of carbonyl (C=O) groups is 2. The van der Waals surface area contributed by atoms with Crippen LogP contribution in [0.5, 0.6) is 5.75 Å². The number of carbonyl (C=O) groups excluding carboxylic acids is 2. The number of methoxy groups -OCH3 is 1. The lowest BCUT2D eigenvalue weighted by atomic mass is 10.1. The molecule has 0 aliphatic carbocycles. The topological polar surface area (TPSA) is 81.9 Å². The summed E-state index contributed by atoms with van der Waals surface area (Å²) in [5.74, 6) is 1.93.